The van der Waals surface area contributed by atoms with Crippen LogP contribution in [0, 0.1) is 17.8 Å². The van der Waals surface area contributed by atoms with Crippen molar-refractivity contribution in [3.63, 3.8) is 0 Å². The maximum Gasteiger partial charge on any atom is 0.306 e. The zero-order valence-corrected chi connectivity index (χ0v) is 39.1. The molecule has 0 heterocycles. The number of rotatable bonds is 44. The van der Waals surface area contributed by atoms with Crippen molar-refractivity contribution < 1.29 is 28.6 Å². The molecular weight excluding hydrogens is 709 g/mol. The molecule has 0 N–H and O–H groups in total. The Labute approximate surface area is 355 Å². The van der Waals surface area contributed by atoms with Crippen LogP contribution < -0.4 is 0 Å². The van der Waals surface area contributed by atoms with Gasteiger partial charge in [0, 0.05) is 19.3 Å². The lowest BCUT2D eigenvalue weighted by Gasteiger charge is -2.18. The Morgan fingerprint density at radius 3 is 0.754 bits per heavy atom. The first-order chi connectivity index (χ1) is 27.6. The quantitative estimate of drug-likeness (QED) is 0.0347. The number of carbonyl (C=O) groups is 3. The van der Waals surface area contributed by atoms with Crippen molar-refractivity contribution in [2.45, 2.75) is 279 Å². The van der Waals surface area contributed by atoms with E-state index < -0.39 is 6.10 Å². The van der Waals surface area contributed by atoms with Crippen LogP contribution in [-0.2, 0) is 28.6 Å². The van der Waals surface area contributed by atoms with E-state index in [4.69, 9.17) is 14.2 Å². The molecule has 0 aromatic carbocycles. The highest BCUT2D eigenvalue weighted by atomic mass is 16.6. The number of ether oxygens (including phenoxy) is 3. The van der Waals surface area contributed by atoms with Gasteiger partial charge in [-0.25, -0.2) is 0 Å². The highest BCUT2D eigenvalue weighted by molar-refractivity contribution is 5.71. The summed E-state index contributed by atoms with van der Waals surface area (Å²) >= 11 is 0. The number of carbonyl (C=O) groups excluding carboxylic acids is 3. The van der Waals surface area contributed by atoms with Crippen molar-refractivity contribution in [3.05, 3.63) is 0 Å². The second kappa shape index (κ2) is 42.5. The second-order valence-electron chi connectivity index (χ2n) is 18.9. The lowest BCUT2D eigenvalue weighted by atomic mass is 10.0. The van der Waals surface area contributed by atoms with E-state index in [1.165, 1.54) is 154 Å². The minimum Gasteiger partial charge on any atom is -0.462 e. The first kappa shape index (κ1) is 55.4. The van der Waals surface area contributed by atoms with Crippen LogP contribution in [-0.4, -0.2) is 37.2 Å². The van der Waals surface area contributed by atoms with Gasteiger partial charge in [-0.05, 0) is 37.0 Å². The van der Waals surface area contributed by atoms with Gasteiger partial charge in [-0.2, -0.15) is 0 Å². The Balaban J connectivity index is 4.33. The van der Waals surface area contributed by atoms with Gasteiger partial charge >= 0.3 is 17.9 Å². The fraction of sp³-hybridized carbons (Fsp3) is 0.941. The number of unbranched alkanes of at least 4 members (excludes halogenated alkanes) is 27. The molecule has 0 unspecified atom stereocenters. The van der Waals surface area contributed by atoms with Gasteiger partial charge in [0.15, 0.2) is 6.10 Å². The molecule has 0 aliphatic heterocycles. The third kappa shape index (κ3) is 45.3. The summed E-state index contributed by atoms with van der Waals surface area (Å²) in [6.45, 7) is 13.7. The van der Waals surface area contributed by atoms with E-state index in [0.29, 0.717) is 19.3 Å². The summed E-state index contributed by atoms with van der Waals surface area (Å²) in [5.41, 5.74) is 0. The molecule has 57 heavy (non-hydrogen) atoms. The number of hydrogen-bond donors (Lipinski definition) is 0. The maximum absolute atomic E-state index is 12.8. The fourth-order valence-corrected chi connectivity index (χ4v) is 7.59. The molecule has 338 valence electrons. The van der Waals surface area contributed by atoms with E-state index >= 15 is 0 Å². The molecule has 0 saturated carbocycles. The SMILES string of the molecule is CC(C)CCCCCCCCCCCCCC(=O)OC[C@@H](COC(=O)CCCCCCCCCCC(C)C)OC(=O)CCCCCCCCCCCCCC(C)C. The molecule has 0 rings (SSSR count). The van der Waals surface area contributed by atoms with Crippen LogP contribution in [0.4, 0.5) is 0 Å². The highest BCUT2D eigenvalue weighted by Crippen LogP contribution is 2.17. The van der Waals surface area contributed by atoms with Crippen molar-refractivity contribution in [1.29, 1.82) is 0 Å². The molecule has 0 aromatic rings. The van der Waals surface area contributed by atoms with Gasteiger partial charge in [0.2, 0.25) is 0 Å². The second-order valence-corrected chi connectivity index (χ2v) is 18.9. The van der Waals surface area contributed by atoms with E-state index in [1.54, 1.807) is 0 Å². The van der Waals surface area contributed by atoms with Crippen LogP contribution in [0.3, 0.4) is 0 Å². The largest absolute Gasteiger partial charge is 0.462 e. The molecule has 6 nitrogen and oxygen atoms in total. The van der Waals surface area contributed by atoms with E-state index in [2.05, 4.69) is 41.5 Å². The molecular formula is C51H98O6. The summed E-state index contributed by atoms with van der Waals surface area (Å²) in [5, 5.41) is 0. The van der Waals surface area contributed by atoms with Crippen molar-refractivity contribution >= 4 is 17.9 Å². The van der Waals surface area contributed by atoms with Crippen molar-refractivity contribution in [1.82, 2.24) is 0 Å². The molecule has 0 radical (unpaired) electrons. The van der Waals surface area contributed by atoms with Gasteiger partial charge in [-0.3, -0.25) is 14.4 Å². The topological polar surface area (TPSA) is 78.9 Å². The summed E-state index contributed by atoms with van der Waals surface area (Å²) in [6, 6.07) is 0. The minimum atomic E-state index is -0.762. The zero-order chi connectivity index (χ0) is 42.0. The summed E-state index contributed by atoms with van der Waals surface area (Å²) < 4.78 is 16.8. The normalized spacial score (nSPS) is 12.2. The smallest absolute Gasteiger partial charge is 0.306 e. The molecule has 0 bridgehead atoms. The molecule has 0 aliphatic rings. The first-order valence-corrected chi connectivity index (χ1v) is 25.1. The van der Waals surface area contributed by atoms with Crippen LogP contribution in [0.15, 0.2) is 0 Å². The molecule has 0 aliphatic carbocycles. The molecule has 0 aromatic heterocycles. The van der Waals surface area contributed by atoms with E-state index in [1.807, 2.05) is 0 Å². The minimum absolute atomic E-state index is 0.0653. The van der Waals surface area contributed by atoms with Crippen LogP contribution >= 0.6 is 0 Å². The highest BCUT2D eigenvalue weighted by Gasteiger charge is 2.19. The van der Waals surface area contributed by atoms with Gasteiger partial charge in [-0.15, -0.1) is 0 Å². The Kier molecular flexibility index (Phi) is 41.3. The Morgan fingerprint density at radius 1 is 0.298 bits per heavy atom. The monoisotopic (exact) mass is 807 g/mol. The van der Waals surface area contributed by atoms with Crippen LogP contribution in [0.25, 0.3) is 0 Å². The number of hydrogen-bond acceptors (Lipinski definition) is 6. The maximum atomic E-state index is 12.8. The lowest BCUT2D eigenvalue weighted by molar-refractivity contribution is -0.167. The van der Waals surface area contributed by atoms with Gasteiger partial charge in [0.25, 0.3) is 0 Å². The molecule has 0 spiro atoms. The van der Waals surface area contributed by atoms with E-state index in [-0.39, 0.29) is 31.1 Å². The average Bonchev–Trinajstić information content (AvgIpc) is 3.16. The van der Waals surface area contributed by atoms with Crippen LogP contribution in [0.5, 0.6) is 0 Å². The molecule has 1 atom stereocenters. The van der Waals surface area contributed by atoms with Gasteiger partial charge < -0.3 is 14.2 Å². The standard InChI is InChI=1S/C51H98O6/c1-45(2)37-31-25-19-13-9-7-11-15-22-28-34-40-49(52)55-43-48(44-56-50(53)41-35-29-23-18-17-21-27-33-39-47(5)6)57-51(54)42-36-30-24-16-12-8-10-14-20-26-32-38-46(3)4/h45-48H,7-44H2,1-6H3/t48-/m0/s1. The third-order valence-corrected chi connectivity index (χ3v) is 11.4. The lowest BCUT2D eigenvalue weighted by Crippen LogP contribution is -2.30. The van der Waals surface area contributed by atoms with Crippen molar-refractivity contribution in [2.24, 2.45) is 17.8 Å². The van der Waals surface area contributed by atoms with Crippen LogP contribution in [0.2, 0.25) is 0 Å². The molecule has 0 saturated heterocycles. The summed E-state index contributed by atoms with van der Waals surface area (Å²) in [6.07, 6.45) is 40.9. The Morgan fingerprint density at radius 2 is 0.509 bits per heavy atom. The van der Waals surface area contributed by atoms with Crippen LogP contribution in [0.1, 0.15) is 273 Å². The van der Waals surface area contributed by atoms with E-state index in [9.17, 15) is 14.4 Å². The summed E-state index contributed by atoms with van der Waals surface area (Å²) in [7, 11) is 0. The van der Waals surface area contributed by atoms with E-state index in [0.717, 1.165) is 75.5 Å². The van der Waals surface area contributed by atoms with Gasteiger partial charge in [0.1, 0.15) is 13.2 Å². The predicted molar refractivity (Wildman–Crippen MR) is 243 cm³/mol. The van der Waals surface area contributed by atoms with Crippen molar-refractivity contribution in [3.8, 4) is 0 Å². The van der Waals surface area contributed by atoms with Gasteiger partial charge in [0.05, 0.1) is 0 Å². The summed E-state index contributed by atoms with van der Waals surface area (Å²) in [4.78, 5) is 37.9. The average molecular weight is 807 g/mol. The predicted octanol–water partition coefficient (Wildman–Crippen LogP) is 16.0. The molecule has 6 heteroatoms. The number of esters is 3. The molecule has 0 amide bonds. The first-order valence-electron chi connectivity index (χ1n) is 25.1. The third-order valence-electron chi connectivity index (χ3n) is 11.4. The van der Waals surface area contributed by atoms with Crippen molar-refractivity contribution in [2.75, 3.05) is 13.2 Å². The fourth-order valence-electron chi connectivity index (χ4n) is 7.59. The Bertz CT molecular complexity index is 883. The zero-order valence-electron chi connectivity index (χ0n) is 39.1. The molecule has 0 fully saturated rings. The Hall–Kier alpha value is -1.59. The summed E-state index contributed by atoms with van der Waals surface area (Å²) in [5.74, 6) is 1.59. The van der Waals surface area contributed by atoms with Gasteiger partial charge in [-0.1, -0.05) is 234 Å².